The number of aliphatic hydroxyl groups is 1. The second-order valence-electron chi connectivity index (χ2n) is 9.55. The first-order chi connectivity index (χ1) is 20.0. The van der Waals surface area contributed by atoms with Crippen LogP contribution in [0.1, 0.15) is 18.5 Å². The molecule has 0 bridgehead atoms. The number of ether oxygens (including phenoxy) is 2. The third-order valence-corrected chi connectivity index (χ3v) is 6.99. The summed E-state index contributed by atoms with van der Waals surface area (Å²) in [5.74, 6) is 1.03. The fraction of sp³-hybridized carbons (Fsp3) is 0.267. The first-order valence-electron chi connectivity index (χ1n) is 13.3. The van der Waals surface area contributed by atoms with Crippen molar-refractivity contribution in [3.63, 3.8) is 0 Å². The number of likely N-dealkylation sites (N-methyl/N-ethyl adjacent to an activating group) is 1. The highest BCUT2D eigenvalue weighted by molar-refractivity contribution is 6.32. The lowest BCUT2D eigenvalue weighted by Crippen LogP contribution is -2.23. The van der Waals surface area contributed by atoms with E-state index in [1.165, 1.54) is 6.33 Å². The Bertz CT molecular complexity index is 1530. The number of pyridine rings is 1. The molecule has 2 aromatic heterocycles. The van der Waals surface area contributed by atoms with E-state index in [0.29, 0.717) is 44.6 Å². The number of halogens is 1. The number of fused-ring (bicyclic) bond motifs is 1. The highest BCUT2D eigenvalue weighted by atomic mass is 35.5. The minimum Gasteiger partial charge on any atom is -0.488 e. The summed E-state index contributed by atoms with van der Waals surface area (Å²) in [5.41, 5.74) is 2.48. The molecule has 212 valence electrons. The molecule has 1 saturated heterocycles. The van der Waals surface area contributed by atoms with Gasteiger partial charge in [-0.15, -0.1) is 0 Å². The minimum absolute atomic E-state index is 0.0210. The number of anilines is 3. The fourth-order valence-corrected chi connectivity index (χ4v) is 4.87. The van der Waals surface area contributed by atoms with E-state index in [-0.39, 0.29) is 31.8 Å². The quantitative estimate of drug-likeness (QED) is 0.213. The molecule has 1 aliphatic rings. The molecular weight excluding hydrogens is 544 g/mol. The average Bonchev–Trinajstić information content (AvgIpc) is 3.40. The van der Waals surface area contributed by atoms with Crippen molar-refractivity contribution in [1.29, 1.82) is 0 Å². The molecule has 0 spiro atoms. The van der Waals surface area contributed by atoms with E-state index < -0.39 is 0 Å². The molecule has 0 saturated carbocycles. The summed E-state index contributed by atoms with van der Waals surface area (Å²) < 4.78 is 11.8. The Balaban J connectivity index is 1.39. The zero-order valence-corrected chi connectivity index (χ0v) is 23.3. The van der Waals surface area contributed by atoms with Gasteiger partial charge in [0.25, 0.3) is 0 Å². The van der Waals surface area contributed by atoms with E-state index in [1.54, 1.807) is 36.5 Å². The number of nitrogens with one attached hydrogen (secondary N) is 2. The molecule has 1 fully saturated rings. The van der Waals surface area contributed by atoms with Crippen LogP contribution in [0, 0.1) is 0 Å². The highest BCUT2D eigenvalue weighted by Crippen LogP contribution is 2.38. The predicted molar refractivity (Wildman–Crippen MR) is 159 cm³/mol. The number of amides is 1. The lowest BCUT2D eigenvalue weighted by molar-refractivity contribution is -0.112. The third-order valence-electron chi connectivity index (χ3n) is 6.69. The van der Waals surface area contributed by atoms with E-state index in [2.05, 4.69) is 37.5 Å². The van der Waals surface area contributed by atoms with Gasteiger partial charge in [-0.25, -0.2) is 9.97 Å². The topological polar surface area (TPSA) is 122 Å². The van der Waals surface area contributed by atoms with Crippen LogP contribution in [0.2, 0.25) is 5.02 Å². The summed E-state index contributed by atoms with van der Waals surface area (Å²) in [4.78, 5) is 28.1. The molecule has 0 radical (unpaired) electrons. The minimum atomic E-state index is -0.280. The van der Waals surface area contributed by atoms with Crippen LogP contribution < -0.4 is 20.1 Å². The smallest absolute Gasteiger partial charge is 0.248 e. The Kier molecular flexibility index (Phi) is 9.25. The van der Waals surface area contributed by atoms with Crippen molar-refractivity contribution in [2.45, 2.75) is 25.5 Å². The van der Waals surface area contributed by atoms with Gasteiger partial charge < -0.3 is 25.2 Å². The maximum Gasteiger partial charge on any atom is 0.248 e. The van der Waals surface area contributed by atoms with E-state index in [1.807, 2.05) is 30.3 Å². The van der Waals surface area contributed by atoms with Crippen LogP contribution in [0.4, 0.5) is 17.2 Å². The van der Waals surface area contributed by atoms with Crippen molar-refractivity contribution < 1.29 is 19.4 Å². The number of aliphatic hydroxyl groups excluding tert-OH is 1. The lowest BCUT2D eigenvalue weighted by atomic mass is 10.1. The third kappa shape index (κ3) is 7.10. The SMILES string of the molecule is CN1CCC[C@@H]1/C=C/C(=O)Nc1ccc2ncnc(Nc3ccc(OCc4ccccn4)c(Cl)c3)c2c1OCCO. The standard InChI is InChI=1S/C30H31ClN6O4/c1-37-14-4-6-22(37)8-12-27(39)36-25-10-9-24-28(29(25)40-16-15-38)30(34-19-33-24)35-20-7-11-26(23(31)17-20)41-18-21-5-2-3-13-32-21/h2-3,5,7-13,17,19,22,38H,4,6,14-16,18H2,1H3,(H,36,39)(H,33,34,35)/b12-8+/t22-/m1/s1. The van der Waals surface area contributed by atoms with Crippen LogP contribution in [0.3, 0.4) is 0 Å². The van der Waals surface area contributed by atoms with Gasteiger partial charge >= 0.3 is 0 Å². The molecule has 10 nitrogen and oxygen atoms in total. The molecule has 0 aliphatic carbocycles. The Labute approximate surface area is 243 Å². The molecule has 1 aliphatic heterocycles. The van der Waals surface area contributed by atoms with Crippen LogP contribution >= 0.6 is 11.6 Å². The van der Waals surface area contributed by atoms with Gasteiger partial charge in [-0.1, -0.05) is 23.7 Å². The highest BCUT2D eigenvalue weighted by Gasteiger charge is 2.19. The maximum absolute atomic E-state index is 12.8. The number of nitrogens with zero attached hydrogens (tertiary/aromatic N) is 4. The summed E-state index contributed by atoms with van der Waals surface area (Å²) in [6.45, 7) is 1.12. The van der Waals surface area contributed by atoms with Gasteiger partial charge in [-0.2, -0.15) is 0 Å². The average molecular weight is 575 g/mol. The number of rotatable bonds is 11. The van der Waals surface area contributed by atoms with Crippen molar-refractivity contribution in [2.75, 3.05) is 37.4 Å². The number of likely N-dealkylation sites (tertiary alicyclic amines) is 1. The zero-order chi connectivity index (χ0) is 28.6. The number of hydrogen-bond acceptors (Lipinski definition) is 9. The molecule has 3 heterocycles. The van der Waals surface area contributed by atoms with Crippen LogP contribution in [-0.2, 0) is 11.4 Å². The number of aromatic nitrogens is 3. The summed E-state index contributed by atoms with van der Waals surface area (Å²) in [6, 6.07) is 14.7. The van der Waals surface area contributed by atoms with Crippen molar-refractivity contribution in [1.82, 2.24) is 19.9 Å². The van der Waals surface area contributed by atoms with Crippen LogP contribution in [0.5, 0.6) is 11.5 Å². The molecule has 1 atom stereocenters. The molecule has 4 aromatic rings. The van der Waals surface area contributed by atoms with E-state index in [4.69, 9.17) is 21.1 Å². The Morgan fingerprint density at radius 2 is 2.07 bits per heavy atom. The van der Waals surface area contributed by atoms with Crippen molar-refractivity contribution in [3.8, 4) is 11.5 Å². The first-order valence-corrected chi connectivity index (χ1v) is 13.7. The van der Waals surface area contributed by atoms with Crippen molar-refractivity contribution in [3.05, 3.63) is 83.9 Å². The zero-order valence-electron chi connectivity index (χ0n) is 22.6. The second kappa shape index (κ2) is 13.4. The Morgan fingerprint density at radius 3 is 2.83 bits per heavy atom. The monoisotopic (exact) mass is 574 g/mol. The number of carbonyl (C=O) groups is 1. The Morgan fingerprint density at radius 1 is 1.17 bits per heavy atom. The molecular formula is C30H31ClN6O4. The van der Waals surface area contributed by atoms with Crippen molar-refractivity contribution >= 4 is 45.6 Å². The molecule has 5 rings (SSSR count). The molecule has 1 amide bonds. The normalized spacial score (nSPS) is 15.3. The summed E-state index contributed by atoms with van der Waals surface area (Å²) in [6.07, 6.45) is 8.74. The lowest BCUT2D eigenvalue weighted by Gasteiger charge is -2.17. The van der Waals surface area contributed by atoms with Gasteiger partial charge in [-0.05, 0) is 68.9 Å². The van der Waals surface area contributed by atoms with Gasteiger partial charge in [-0.3, -0.25) is 14.7 Å². The fourth-order valence-electron chi connectivity index (χ4n) is 4.63. The van der Waals surface area contributed by atoms with Gasteiger partial charge in [0.05, 0.1) is 33.9 Å². The first kappa shape index (κ1) is 28.3. The largest absolute Gasteiger partial charge is 0.488 e. The van der Waals surface area contributed by atoms with Crippen LogP contribution in [0.15, 0.2) is 73.2 Å². The van der Waals surface area contributed by atoms with E-state index in [9.17, 15) is 9.90 Å². The number of hydrogen-bond donors (Lipinski definition) is 3. The van der Waals surface area contributed by atoms with E-state index in [0.717, 1.165) is 25.1 Å². The second-order valence-corrected chi connectivity index (χ2v) is 9.96. The Hall–Kier alpha value is -4.25. The summed E-state index contributed by atoms with van der Waals surface area (Å²) >= 11 is 6.52. The molecule has 0 unspecified atom stereocenters. The summed E-state index contributed by atoms with van der Waals surface area (Å²) in [7, 11) is 2.05. The van der Waals surface area contributed by atoms with Gasteiger partial charge in [0, 0.05) is 24.0 Å². The number of benzene rings is 2. The predicted octanol–water partition coefficient (Wildman–Crippen LogP) is 4.96. The molecule has 11 heteroatoms. The van der Waals surface area contributed by atoms with Gasteiger partial charge in [0.1, 0.15) is 31.1 Å². The molecule has 2 aromatic carbocycles. The van der Waals surface area contributed by atoms with Gasteiger partial charge in [0.15, 0.2) is 5.75 Å². The van der Waals surface area contributed by atoms with E-state index >= 15 is 0 Å². The summed E-state index contributed by atoms with van der Waals surface area (Å²) in [5, 5.41) is 16.6. The van der Waals surface area contributed by atoms with Crippen LogP contribution in [0.25, 0.3) is 10.9 Å². The maximum atomic E-state index is 12.8. The van der Waals surface area contributed by atoms with Crippen LogP contribution in [-0.4, -0.2) is 63.7 Å². The molecule has 3 N–H and O–H groups in total. The van der Waals surface area contributed by atoms with Crippen molar-refractivity contribution in [2.24, 2.45) is 0 Å². The number of carbonyl (C=O) groups excluding carboxylic acids is 1. The molecule has 41 heavy (non-hydrogen) atoms. The van der Waals surface area contributed by atoms with Gasteiger partial charge in [0.2, 0.25) is 5.91 Å².